The Kier molecular flexibility index (Phi) is 4.48. The quantitative estimate of drug-likeness (QED) is 0.819. The number of hydrogen-bond donors (Lipinski definition) is 2. The van der Waals surface area contributed by atoms with Crippen LogP contribution in [0.15, 0.2) is 23.4 Å². The van der Waals surface area contributed by atoms with Crippen molar-refractivity contribution in [3.8, 4) is 5.75 Å². The molecule has 0 radical (unpaired) electrons. The van der Waals surface area contributed by atoms with Gasteiger partial charge in [0.25, 0.3) is 0 Å². The van der Waals surface area contributed by atoms with Gasteiger partial charge in [-0.2, -0.15) is 5.10 Å². The molecule has 0 spiro atoms. The molecule has 2 rings (SSSR count). The zero-order valence-corrected chi connectivity index (χ0v) is 15.7. The van der Waals surface area contributed by atoms with Crippen LogP contribution in [0.1, 0.15) is 63.9 Å². The summed E-state index contributed by atoms with van der Waals surface area (Å²) in [6.45, 7) is 14.4. The van der Waals surface area contributed by atoms with E-state index in [0.29, 0.717) is 11.7 Å². The average molecular weight is 328 g/mol. The molecule has 0 saturated heterocycles. The maximum Gasteiger partial charge on any atom is 0.221 e. The van der Waals surface area contributed by atoms with E-state index in [2.05, 4.69) is 51.6 Å². The molecule has 1 aromatic carbocycles. The summed E-state index contributed by atoms with van der Waals surface area (Å²) in [7, 11) is 0. The second-order valence-electron chi connectivity index (χ2n) is 8.29. The minimum Gasteiger partial charge on any atom is -0.507 e. The summed E-state index contributed by atoms with van der Waals surface area (Å²) in [6, 6.07) is 3.96. The highest BCUT2D eigenvalue weighted by molar-refractivity contribution is 5.81. The summed E-state index contributed by atoms with van der Waals surface area (Å²) in [4.78, 5) is 4.14. The van der Waals surface area contributed by atoms with Crippen LogP contribution in [0.5, 0.6) is 5.75 Å². The van der Waals surface area contributed by atoms with Gasteiger partial charge in [-0.05, 0) is 35.4 Å². The maximum absolute atomic E-state index is 10.7. The number of aromatic nitrogens is 2. The fraction of sp³-hybridized carbons (Fsp3) is 0.474. The number of nitrogens with zero attached hydrogens (tertiary/aromatic N) is 3. The molecule has 0 aliphatic rings. The SMILES string of the molecule is Cc1cn(N=Cc2cc(C(C)(C)C)c(O)c(C(C)(C)C)c2)c(N)n1. The van der Waals surface area contributed by atoms with Crippen molar-refractivity contribution < 1.29 is 5.11 Å². The van der Waals surface area contributed by atoms with Crippen LogP contribution in [0, 0.1) is 6.92 Å². The molecule has 0 fully saturated rings. The number of phenolic OH excluding ortho intramolecular Hbond substituents is 1. The first kappa shape index (κ1) is 18.0. The Bertz CT molecular complexity index is 739. The first-order valence-corrected chi connectivity index (χ1v) is 8.13. The molecular weight excluding hydrogens is 300 g/mol. The van der Waals surface area contributed by atoms with E-state index in [1.54, 1.807) is 17.1 Å². The van der Waals surface area contributed by atoms with Gasteiger partial charge in [0, 0.05) is 11.1 Å². The number of nitrogen functional groups attached to an aromatic ring is 1. The van der Waals surface area contributed by atoms with Crippen molar-refractivity contribution in [2.45, 2.75) is 59.3 Å². The number of nitrogens with two attached hydrogens (primary N) is 1. The second-order valence-corrected chi connectivity index (χ2v) is 8.29. The summed E-state index contributed by atoms with van der Waals surface area (Å²) in [5.74, 6) is 0.722. The van der Waals surface area contributed by atoms with E-state index in [4.69, 9.17) is 5.73 Å². The zero-order chi connectivity index (χ0) is 18.3. The highest BCUT2D eigenvalue weighted by Gasteiger charge is 2.26. The first-order valence-electron chi connectivity index (χ1n) is 8.13. The van der Waals surface area contributed by atoms with Gasteiger partial charge < -0.3 is 10.8 Å². The molecule has 1 aromatic heterocycles. The van der Waals surface area contributed by atoms with E-state index in [1.165, 1.54) is 0 Å². The van der Waals surface area contributed by atoms with E-state index in [1.807, 2.05) is 19.1 Å². The predicted molar refractivity (Wildman–Crippen MR) is 99.9 cm³/mol. The van der Waals surface area contributed by atoms with Crippen molar-refractivity contribution in [1.29, 1.82) is 0 Å². The van der Waals surface area contributed by atoms with Gasteiger partial charge in [0.15, 0.2) is 0 Å². The third-order valence-electron chi connectivity index (χ3n) is 3.91. The lowest BCUT2D eigenvalue weighted by Crippen LogP contribution is -2.18. The third kappa shape index (κ3) is 3.78. The molecule has 5 heteroatoms. The van der Waals surface area contributed by atoms with Gasteiger partial charge in [0.05, 0.1) is 18.1 Å². The molecule has 3 N–H and O–H groups in total. The topological polar surface area (TPSA) is 76.4 Å². The van der Waals surface area contributed by atoms with Crippen LogP contribution in [-0.2, 0) is 10.8 Å². The van der Waals surface area contributed by atoms with E-state index in [-0.39, 0.29) is 10.8 Å². The van der Waals surface area contributed by atoms with Crippen LogP contribution < -0.4 is 5.73 Å². The number of imidazole rings is 1. The smallest absolute Gasteiger partial charge is 0.221 e. The highest BCUT2D eigenvalue weighted by atomic mass is 16.3. The Morgan fingerprint density at radius 1 is 1.08 bits per heavy atom. The Hall–Kier alpha value is -2.30. The molecule has 0 saturated carbocycles. The normalized spacial score (nSPS) is 13.0. The number of anilines is 1. The number of rotatable bonds is 2. The number of aryl methyl sites for hydroxylation is 1. The van der Waals surface area contributed by atoms with Gasteiger partial charge in [-0.15, -0.1) is 0 Å². The molecule has 24 heavy (non-hydrogen) atoms. The molecule has 0 atom stereocenters. The highest BCUT2D eigenvalue weighted by Crippen LogP contribution is 2.39. The summed E-state index contributed by atoms with van der Waals surface area (Å²) < 4.78 is 1.55. The Labute approximate surface area is 144 Å². The molecule has 5 nitrogen and oxygen atoms in total. The molecule has 0 aliphatic carbocycles. The number of aromatic hydroxyl groups is 1. The van der Waals surface area contributed by atoms with Crippen LogP contribution in [0.3, 0.4) is 0 Å². The lowest BCUT2D eigenvalue weighted by Gasteiger charge is -2.27. The number of phenols is 1. The largest absolute Gasteiger partial charge is 0.507 e. The second kappa shape index (κ2) is 5.96. The fourth-order valence-electron chi connectivity index (χ4n) is 2.60. The molecule has 0 bridgehead atoms. The Morgan fingerprint density at radius 2 is 1.58 bits per heavy atom. The monoisotopic (exact) mass is 328 g/mol. The van der Waals surface area contributed by atoms with Crippen molar-refractivity contribution in [1.82, 2.24) is 9.66 Å². The van der Waals surface area contributed by atoms with Gasteiger partial charge >= 0.3 is 0 Å². The van der Waals surface area contributed by atoms with Crippen LogP contribution in [0.25, 0.3) is 0 Å². The van der Waals surface area contributed by atoms with E-state index in [9.17, 15) is 5.11 Å². The molecular formula is C19H28N4O. The third-order valence-corrected chi connectivity index (χ3v) is 3.91. The summed E-state index contributed by atoms with van der Waals surface area (Å²) in [5, 5.41) is 15.1. The van der Waals surface area contributed by atoms with Crippen molar-refractivity contribution in [2.24, 2.45) is 5.10 Å². The van der Waals surface area contributed by atoms with E-state index >= 15 is 0 Å². The van der Waals surface area contributed by atoms with Gasteiger partial charge in [-0.1, -0.05) is 41.5 Å². The van der Waals surface area contributed by atoms with Gasteiger partial charge in [-0.25, -0.2) is 9.66 Å². The molecule has 0 unspecified atom stereocenters. The fourth-order valence-corrected chi connectivity index (χ4v) is 2.60. The van der Waals surface area contributed by atoms with Crippen LogP contribution in [0.4, 0.5) is 5.95 Å². The summed E-state index contributed by atoms with van der Waals surface area (Å²) in [6.07, 6.45) is 3.53. The number of benzene rings is 1. The van der Waals surface area contributed by atoms with E-state index in [0.717, 1.165) is 22.4 Å². The maximum atomic E-state index is 10.7. The molecule has 2 aromatic rings. The first-order chi connectivity index (χ1) is 10.9. The summed E-state index contributed by atoms with van der Waals surface area (Å²) >= 11 is 0. The summed E-state index contributed by atoms with van der Waals surface area (Å²) in [5.41, 5.74) is 9.05. The van der Waals surface area contributed by atoms with E-state index < -0.39 is 0 Å². The van der Waals surface area contributed by atoms with Crippen LogP contribution in [-0.4, -0.2) is 21.0 Å². The lowest BCUT2D eigenvalue weighted by molar-refractivity contribution is 0.423. The molecule has 0 amide bonds. The molecule has 130 valence electrons. The van der Waals surface area contributed by atoms with Crippen LogP contribution in [0.2, 0.25) is 0 Å². The van der Waals surface area contributed by atoms with Gasteiger partial charge in [0.2, 0.25) is 5.95 Å². The van der Waals surface area contributed by atoms with Gasteiger partial charge in [-0.3, -0.25) is 0 Å². The minimum absolute atomic E-state index is 0.168. The molecule has 1 heterocycles. The van der Waals surface area contributed by atoms with Gasteiger partial charge in [0.1, 0.15) is 5.75 Å². The van der Waals surface area contributed by atoms with Crippen molar-refractivity contribution in [3.63, 3.8) is 0 Å². The van der Waals surface area contributed by atoms with Crippen molar-refractivity contribution >= 4 is 12.2 Å². The predicted octanol–water partition coefficient (Wildman–Crippen LogP) is 3.96. The standard InChI is InChI=1S/C19H28N4O/c1-12-11-23(17(20)22-12)21-10-13-8-14(18(2,3)4)16(24)15(9-13)19(5,6)7/h8-11,24H,1-7H3,(H2,20,22). The van der Waals surface area contributed by atoms with Crippen molar-refractivity contribution in [3.05, 3.63) is 40.7 Å². The Morgan fingerprint density at radius 3 is 1.96 bits per heavy atom. The Balaban J connectivity index is 2.56. The molecule has 0 aliphatic heterocycles. The van der Waals surface area contributed by atoms with Crippen LogP contribution >= 0.6 is 0 Å². The zero-order valence-electron chi connectivity index (χ0n) is 15.7. The number of hydrogen-bond acceptors (Lipinski definition) is 4. The average Bonchev–Trinajstić information content (AvgIpc) is 2.73. The minimum atomic E-state index is -0.168. The van der Waals surface area contributed by atoms with Crippen molar-refractivity contribution in [2.75, 3.05) is 5.73 Å². The lowest BCUT2D eigenvalue weighted by atomic mass is 9.78.